The van der Waals surface area contributed by atoms with Crippen LogP contribution in [0.2, 0.25) is 0 Å². The first-order valence-electron chi connectivity index (χ1n) is 19.7. The first kappa shape index (κ1) is 32.9. The maximum absolute atomic E-state index is 2.47. The van der Waals surface area contributed by atoms with Gasteiger partial charge in [0, 0.05) is 16.6 Å². The van der Waals surface area contributed by atoms with Gasteiger partial charge in [0.25, 0.3) is 0 Å². The molecule has 57 heavy (non-hydrogen) atoms. The molecular formula is C56H37N. The van der Waals surface area contributed by atoms with Gasteiger partial charge in [-0.2, -0.15) is 0 Å². The van der Waals surface area contributed by atoms with E-state index in [1.54, 1.807) is 0 Å². The second kappa shape index (κ2) is 13.7. The van der Waals surface area contributed by atoms with E-state index in [4.69, 9.17) is 0 Å². The van der Waals surface area contributed by atoms with Gasteiger partial charge in [-0.1, -0.05) is 182 Å². The molecule has 0 saturated heterocycles. The zero-order chi connectivity index (χ0) is 37.7. The minimum absolute atomic E-state index is 1.10. The highest BCUT2D eigenvalue weighted by molar-refractivity contribution is 6.08. The Morgan fingerprint density at radius 1 is 0.228 bits per heavy atom. The lowest BCUT2D eigenvalue weighted by Crippen LogP contribution is -2.12. The van der Waals surface area contributed by atoms with E-state index in [0.717, 1.165) is 17.1 Å². The molecule has 0 aliphatic carbocycles. The summed E-state index contributed by atoms with van der Waals surface area (Å²) in [5.74, 6) is 0. The summed E-state index contributed by atoms with van der Waals surface area (Å²) < 4.78 is 0. The molecule has 11 aromatic rings. The fourth-order valence-corrected chi connectivity index (χ4v) is 8.67. The molecule has 0 unspecified atom stereocenters. The molecule has 0 atom stereocenters. The van der Waals surface area contributed by atoms with Crippen molar-refractivity contribution in [1.29, 1.82) is 0 Å². The SMILES string of the molecule is c1ccc2cc(-c3ccc(-c4ccc5ccccc5c4)c(N(c4ccc(-c5ccc6c(ccc7ccccc76)c5)cc4)c4cccc5ccccc45)c3)ccc2c1. The second-order valence-electron chi connectivity index (χ2n) is 15.0. The monoisotopic (exact) mass is 723 g/mol. The summed E-state index contributed by atoms with van der Waals surface area (Å²) in [4.78, 5) is 2.47. The third kappa shape index (κ3) is 5.89. The number of anilines is 3. The number of hydrogen-bond donors (Lipinski definition) is 0. The van der Waals surface area contributed by atoms with Crippen molar-refractivity contribution >= 4 is 70.9 Å². The molecule has 11 rings (SSSR count). The molecule has 0 N–H and O–H groups in total. The van der Waals surface area contributed by atoms with Crippen molar-refractivity contribution in [1.82, 2.24) is 0 Å². The van der Waals surface area contributed by atoms with E-state index in [1.165, 1.54) is 87.2 Å². The van der Waals surface area contributed by atoms with E-state index in [9.17, 15) is 0 Å². The Labute approximate surface area is 332 Å². The fraction of sp³-hybridized carbons (Fsp3) is 0. The van der Waals surface area contributed by atoms with Crippen molar-refractivity contribution in [2.24, 2.45) is 0 Å². The Hall–Kier alpha value is -7.48. The van der Waals surface area contributed by atoms with Gasteiger partial charge in [0.1, 0.15) is 0 Å². The van der Waals surface area contributed by atoms with E-state index in [-0.39, 0.29) is 0 Å². The molecule has 0 radical (unpaired) electrons. The molecule has 266 valence electrons. The van der Waals surface area contributed by atoms with Crippen molar-refractivity contribution in [2.45, 2.75) is 0 Å². The summed E-state index contributed by atoms with van der Waals surface area (Å²) in [7, 11) is 0. The molecule has 0 aliphatic rings. The molecule has 11 aromatic carbocycles. The van der Waals surface area contributed by atoms with Gasteiger partial charge in [-0.3, -0.25) is 0 Å². The highest BCUT2D eigenvalue weighted by Gasteiger charge is 2.21. The van der Waals surface area contributed by atoms with Crippen LogP contribution < -0.4 is 4.90 Å². The standard InChI is InChI=1S/C56H37N/c1-3-14-43-34-46(23-20-38(43)10-1)47-29-33-54(49-24-21-39-11-2-4-15-44(39)35-49)56(37-47)57(55-19-9-16-41-12-6-8-18-53(41)55)50-30-26-40(27-31-50)45-28-32-52-48(36-45)25-22-42-13-5-7-17-51(42)52/h1-37H. The largest absolute Gasteiger partial charge is 0.309 e. The van der Waals surface area contributed by atoms with Crippen LogP contribution in [0.1, 0.15) is 0 Å². The third-order valence-corrected chi connectivity index (χ3v) is 11.6. The third-order valence-electron chi connectivity index (χ3n) is 11.6. The number of benzene rings is 11. The van der Waals surface area contributed by atoms with Crippen LogP contribution >= 0.6 is 0 Å². The summed E-state index contributed by atoms with van der Waals surface area (Å²) >= 11 is 0. The van der Waals surface area contributed by atoms with Crippen LogP contribution in [0.4, 0.5) is 17.1 Å². The Balaban J connectivity index is 1.11. The van der Waals surface area contributed by atoms with Crippen LogP contribution in [0, 0.1) is 0 Å². The average molecular weight is 724 g/mol. The Morgan fingerprint density at radius 3 is 1.44 bits per heavy atom. The maximum atomic E-state index is 2.47. The molecule has 0 aliphatic heterocycles. The molecule has 0 heterocycles. The van der Waals surface area contributed by atoms with Gasteiger partial charge in [0.2, 0.25) is 0 Å². The highest BCUT2D eigenvalue weighted by atomic mass is 15.1. The van der Waals surface area contributed by atoms with Crippen LogP contribution in [0.3, 0.4) is 0 Å². The maximum Gasteiger partial charge on any atom is 0.0546 e. The normalized spacial score (nSPS) is 11.5. The van der Waals surface area contributed by atoms with E-state index >= 15 is 0 Å². The molecule has 0 bridgehead atoms. The Kier molecular flexibility index (Phi) is 7.89. The molecule has 0 fully saturated rings. The predicted octanol–water partition coefficient (Wildman–Crippen LogP) is 15.9. The number of fused-ring (bicyclic) bond motifs is 6. The molecule has 0 aromatic heterocycles. The summed E-state index contributed by atoms with van der Waals surface area (Å²) in [5, 5.41) is 12.4. The molecule has 0 saturated carbocycles. The summed E-state index contributed by atoms with van der Waals surface area (Å²) in [5.41, 5.74) is 10.5. The van der Waals surface area contributed by atoms with E-state index in [0.29, 0.717) is 0 Å². The van der Waals surface area contributed by atoms with Gasteiger partial charge in [0.05, 0.1) is 11.4 Å². The fourth-order valence-electron chi connectivity index (χ4n) is 8.67. The van der Waals surface area contributed by atoms with Crippen molar-refractivity contribution < 1.29 is 0 Å². The lowest BCUT2D eigenvalue weighted by atomic mass is 9.94. The number of nitrogens with zero attached hydrogens (tertiary/aromatic N) is 1. The molecule has 0 spiro atoms. The molecule has 1 heteroatoms. The van der Waals surface area contributed by atoms with Gasteiger partial charge >= 0.3 is 0 Å². The highest BCUT2D eigenvalue weighted by Crippen LogP contribution is 2.46. The van der Waals surface area contributed by atoms with Crippen LogP contribution in [-0.2, 0) is 0 Å². The van der Waals surface area contributed by atoms with E-state index in [1.807, 2.05) is 0 Å². The van der Waals surface area contributed by atoms with Crippen molar-refractivity contribution in [3.05, 3.63) is 224 Å². The lowest BCUT2D eigenvalue weighted by molar-refractivity contribution is 1.30. The molecule has 1 nitrogen and oxygen atoms in total. The van der Waals surface area contributed by atoms with Crippen molar-refractivity contribution in [3.63, 3.8) is 0 Å². The Morgan fingerprint density at radius 2 is 0.684 bits per heavy atom. The summed E-state index contributed by atoms with van der Waals surface area (Å²) in [6.45, 7) is 0. The minimum Gasteiger partial charge on any atom is -0.309 e. The van der Waals surface area contributed by atoms with Crippen molar-refractivity contribution in [3.8, 4) is 33.4 Å². The first-order valence-corrected chi connectivity index (χ1v) is 19.7. The van der Waals surface area contributed by atoms with Gasteiger partial charge in [0.15, 0.2) is 0 Å². The van der Waals surface area contributed by atoms with E-state index in [2.05, 4.69) is 229 Å². The lowest BCUT2D eigenvalue weighted by Gasteiger charge is -2.30. The zero-order valence-corrected chi connectivity index (χ0v) is 31.3. The number of rotatable bonds is 6. The quantitative estimate of drug-likeness (QED) is 0.154. The topological polar surface area (TPSA) is 3.24 Å². The zero-order valence-electron chi connectivity index (χ0n) is 31.3. The average Bonchev–Trinajstić information content (AvgIpc) is 3.29. The summed E-state index contributed by atoms with van der Waals surface area (Å²) in [6.07, 6.45) is 0. The van der Waals surface area contributed by atoms with Gasteiger partial charge < -0.3 is 4.90 Å². The Bertz CT molecular complexity index is 3300. The minimum atomic E-state index is 1.10. The molecular weight excluding hydrogens is 687 g/mol. The van der Waals surface area contributed by atoms with E-state index < -0.39 is 0 Å². The molecule has 0 amide bonds. The second-order valence-corrected chi connectivity index (χ2v) is 15.0. The van der Waals surface area contributed by atoms with Crippen LogP contribution in [0.5, 0.6) is 0 Å². The van der Waals surface area contributed by atoms with Crippen LogP contribution in [0.15, 0.2) is 224 Å². The van der Waals surface area contributed by atoms with Crippen LogP contribution in [0.25, 0.3) is 87.2 Å². The smallest absolute Gasteiger partial charge is 0.0546 e. The van der Waals surface area contributed by atoms with Gasteiger partial charge in [-0.05, 0) is 119 Å². The van der Waals surface area contributed by atoms with Gasteiger partial charge in [-0.25, -0.2) is 0 Å². The van der Waals surface area contributed by atoms with Crippen molar-refractivity contribution in [2.75, 3.05) is 4.90 Å². The first-order chi connectivity index (χ1) is 28.2. The number of hydrogen-bond acceptors (Lipinski definition) is 1. The van der Waals surface area contributed by atoms with Crippen LogP contribution in [-0.4, -0.2) is 0 Å². The predicted molar refractivity (Wildman–Crippen MR) is 245 cm³/mol. The van der Waals surface area contributed by atoms with Gasteiger partial charge in [-0.15, -0.1) is 0 Å². The summed E-state index contributed by atoms with van der Waals surface area (Å²) in [6, 6.07) is 82.3.